The minimum absolute atomic E-state index is 0.0389. The molecule has 3 rings (SSSR count). The van der Waals surface area contributed by atoms with E-state index >= 15 is 0 Å². The number of anilines is 1. The lowest BCUT2D eigenvalue weighted by Gasteiger charge is -2.19. The van der Waals surface area contributed by atoms with Gasteiger partial charge in [-0.15, -0.1) is 0 Å². The Hall–Kier alpha value is -1.44. The Morgan fingerprint density at radius 3 is 2.71 bits per heavy atom. The Labute approximate surface area is 124 Å². The fourth-order valence-electron chi connectivity index (χ4n) is 3.33. The minimum atomic E-state index is -3.78. The molecule has 2 aliphatic rings. The Kier molecular flexibility index (Phi) is 3.51. The number of hydrogen-bond acceptors (Lipinski definition) is 4. The van der Waals surface area contributed by atoms with Gasteiger partial charge in [0.2, 0.25) is 15.9 Å². The predicted molar refractivity (Wildman–Crippen MR) is 79.2 cm³/mol. The van der Waals surface area contributed by atoms with E-state index in [2.05, 4.69) is 10.6 Å². The maximum atomic E-state index is 12.3. The van der Waals surface area contributed by atoms with E-state index in [1.807, 2.05) is 0 Å². The molecule has 114 valence electrons. The number of rotatable bonds is 3. The van der Waals surface area contributed by atoms with Crippen LogP contribution in [0.15, 0.2) is 23.1 Å². The lowest BCUT2D eigenvalue weighted by atomic mass is 9.88. The van der Waals surface area contributed by atoms with Crippen molar-refractivity contribution in [2.45, 2.75) is 43.2 Å². The van der Waals surface area contributed by atoms with Gasteiger partial charge in [0.15, 0.2) is 0 Å². The second kappa shape index (κ2) is 5.08. The van der Waals surface area contributed by atoms with Crippen LogP contribution in [0.4, 0.5) is 5.69 Å². The lowest BCUT2D eigenvalue weighted by Crippen LogP contribution is -2.32. The first-order valence-corrected chi connectivity index (χ1v) is 8.59. The van der Waals surface area contributed by atoms with Gasteiger partial charge in [0.25, 0.3) is 0 Å². The van der Waals surface area contributed by atoms with E-state index in [4.69, 9.17) is 5.14 Å². The van der Waals surface area contributed by atoms with Crippen molar-refractivity contribution < 1.29 is 13.2 Å². The van der Waals surface area contributed by atoms with Gasteiger partial charge < -0.3 is 10.6 Å². The Balaban J connectivity index is 1.78. The summed E-state index contributed by atoms with van der Waals surface area (Å²) >= 11 is 0. The molecule has 0 aromatic heterocycles. The number of primary sulfonamides is 1. The van der Waals surface area contributed by atoms with Crippen molar-refractivity contribution in [2.75, 3.05) is 5.32 Å². The number of hydrogen-bond donors (Lipinski definition) is 3. The summed E-state index contributed by atoms with van der Waals surface area (Å²) in [5.74, 6) is -0.0955. The summed E-state index contributed by atoms with van der Waals surface area (Å²) in [6, 6.07) is 5.46. The van der Waals surface area contributed by atoms with E-state index in [1.165, 1.54) is 6.07 Å². The molecular formula is C14H19N3O3S. The summed E-state index contributed by atoms with van der Waals surface area (Å²) in [4.78, 5) is 12.4. The van der Waals surface area contributed by atoms with E-state index in [9.17, 15) is 13.2 Å². The summed E-state index contributed by atoms with van der Waals surface area (Å²) in [5.41, 5.74) is 1.04. The summed E-state index contributed by atoms with van der Waals surface area (Å²) in [7, 11) is -3.78. The molecule has 2 bridgehead atoms. The molecule has 21 heavy (non-hydrogen) atoms. The van der Waals surface area contributed by atoms with Gasteiger partial charge in [-0.3, -0.25) is 4.79 Å². The van der Waals surface area contributed by atoms with Crippen molar-refractivity contribution in [3.8, 4) is 0 Å². The Morgan fingerprint density at radius 1 is 1.38 bits per heavy atom. The van der Waals surface area contributed by atoms with E-state index in [0.29, 0.717) is 17.3 Å². The molecule has 0 spiro atoms. The highest BCUT2D eigenvalue weighted by molar-refractivity contribution is 7.89. The molecule has 1 aromatic carbocycles. The van der Waals surface area contributed by atoms with Crippen molar-refractivity contribution in [1.82, 2.24) is 5.32 Å². The third-order valence-electron chi connectivity index (χ3n) is 4.40. The monoisotopic (exact) mass is 309 g/mol. The second-order valence-corrected chi connectivity index (χ2v) is 7.43. The molecule has 1 aromatic rings. The molecule has 2 fully saturated rings. The van der Waals surface area contributed by atoms with Crippen LogP contribution in [0.3, 0.4) is 0 Å². The third kappa shape index (κ3) is 2.81. The van der Waals surface area contributed by atoms with Gasteiger partial charge in [-0.1, -0.05) is 6.07 Å². The second-order valence-electron chi connectivity index (χ2n) is 5.90. The van der Waals surface area contributed by atoms with Crippen molar-refractivity contribution >= 4 is 21.6 Å². The zero-order chi connectivity index (χ0) is 15.2. The van der Waals surface area contributed by atoms with Crippen LogP contribution < -0.4 is 15.8 Å². The molecule has 0 saturated carbocycles. The highest BCUT2D eigenvalue weighted by atomic mass is 32.2. The molecule has 4 N–H and O–H groups in total. The molecule has 3 atom stereocenters. The average Bonchev–Trinajstić information content (AvgIpc) is 3.02. The van der Waals surface area contributed by atoms with Crippen LogP contribution in [0.1, 0.15) is 24.8 Å². The first kappa shape index (κ1) is 14.5. The molecule has 3 unspecified atom stereocenters. The number of fused-ring (bicyclic) bond motifs is 2. The van der Waals surface area contributed by atoms with E-state index in [1.54, 1.807) is 19.1 Å². The molecule has 2 heterocycles. The molecule has 0 radical (unpaired) electrons. The number of carbonyl (C=O) groups is 1. The van der Waals surface area contributed by atoms with Crippen molar-refractivity contribution in [3.63, 3.8) is 0 Å². The van der Waals surface area contributed by atoms with Gasteiger partial charge in [-0.05, 0) is 43.9 Å². The van der Waals surface area contributed by atoms with Gasteiger partial charge >= 0.3 is 0 Å². The van der Waals surface area contributed by atoms with Crippen molar-refractivity contribution in [3.05, 3.63) is 23.8 Å². The molecular weight excluding hydrogens is 290 g/mol. The van der Waals surface area contributed by atoms with Crippen molar-refractivity contribution in [2.24, 2.45) is 11.1 Å². The SMILES string of the molecule is Cc1ccc(NC(=O)C2CC3CCC2N3)cc1S(N)(=O)=O. The van der Waals surface area contributed by atoms with E-state index in [0.717, 1.165) is 19.3 Å². The van der Waals surface area contributed by atoms with Crippen LogP contribution in [0.2, 0.25) is 0 Å². The number of aryl methyl sites for hydroxylation is 1. The van der Waals surface area contributed by atoms with Gasteiger partial charge in [-0.25, -0.2) is 13.6 Å². The molecule has 2 saturated heterocycles. The number of benzene rings is 1. The maximum Gasteiger partial charge on any atom is 0.238 e. The topological polar surface area (TPSA) is 101 Å². The van der Waals surface area contributed by atoms with Crippen LogP contribution in [0, 0.1) is 12.8 Å². The fourth-order valence-corrected chi connectivity index (χ4v) is 4.14. The van der Waals surface area contributed by atoms with Gasteiger partial charge in [-0.2, -0.15) is 0 Å². The highest BCUT2D eigenvalue weighted by Gasteiger charge is 2.42. The van der Waals surface area contributed by atoms with E-state index < -0.39 is 10.0 Å². The Bertz CT molecular complexity index is 687. The van der Waals surface area contributed by atoms with Crippen LogP contribution >= 0.6 is 0 Å². The Morgan fingerprint density at radius 2 is 2.14 bits per heavy atom. The maximum absolute atomic E-state index is 12.3. The molecule has 0 aliphatic carbocycles. The van der Waals surface area contributed by atoms with Crippen LogP contribution in [0.25, 0.3) is 0 Å². The average molecular weight is 309 g/mol. The number of nitrogens with two attached hydrogens (primary N) is 1. The molecule has 2 aliphatic heterocycles. The fraction of sp³-hybridized carbons (Fsp3) is 0.500. The first-order valence-electron chi connectivity index (χ1n) is 7.05. The van der Waals surface area contributed by atoms with Gasteiger partial charge in [0, 0.05) is 17.8 Å². The summed E-state index contributed by atoms with van der Waals surface area (Å²) in [6.07, 6.45) is 3.01. The van der Waals surface area contributed by atoms with Crippen LogP contribution in [-0.4, -0.2) is 26.4 Å². The number of sulfonamides is 1. The summed E-state index contributed by atoms with van der Waals surface area (Å²) in [6.45, 7) is 1.67. The third-order valence-corrected chi connectivity index (χ3v) is 5.45. The lowest BCUT2D eigenvalue weighted by molar-refractivity contribution is -0.120. The summed E-state index contributed by atoms with van der Waals surface area (Å²) in [5, 5.41) is 11.4. The zero-order valence-electron chi connectivity index (χ0n) is 11.8. The molecule has 6 nitrogen and oxygen atoms in total. The van der Waals surface area contributed by atoms with Gasteiger partial charge in [0.1, 0.15) is 0 Å². The summed E-state index contributed by atoms with van der Waals surface area (Å²) < 4.78 is 23.0. The minimum Gasteiger partial charge on any atom is -0.326 e. The number of amides is 1. The van der Waals surface area contributed by atoms with Crippen molar-refractivity contribution in [1.29, 1.82) is 0 Å². The quantitative estimate of drug-likeness (QED) is 0.766. The number of carbonyl (C=O) groups excluding carboxylic acids is 1. The largest absolute Gasteiger partial charge is 0.326 e. The zero-order valence-corrected chi connectivity index (χ0v) is 12.6. The van der Waals surface area contributed by atoms with E-state index in [-0.39, 0.29) is 22.8 Å². The predicted octanol–water partition coefficient (Wildman–Crippen LogP) is 0.721. The molecule has 1 amide bonds. The standard InChI is InChI=1S/C14H19N3O3S/c1-8-2-3-10(7-13(8)21(15,19)20)17-14(18)11-6-9-4-5-12(11)16-9/h2-3,7,9,11-12,16H,4-6H2,1H3,(H,17,18)(H2,15,19,20). The normalized spacial score (nSPS) is 27.8. The van der Waals surface area contributed by atoms with Crippen LogP contribution in [0.5, 0.6) is 0 Å². The van der Waals surface area contributed by atoms with Gasteiger partial charge in [0.05, 0.1) is 10.8 Å². The van der Waals surface area contributed by atoms with Crippen LogP contribution in [-0.2, 0) is 14.8 Å². The first-order chi connectivity index (χ1) is 9.84. The molecule has 7 heteroatoms. The number of nitrogens with one attached hydrogen (secondary N) is 2. The smallest absolute Gasteiger partial charge is 0.238 e. The highest BCUT2D eigenvalue weighted by Crippen LogP contribution is 2.34.